The summed E-state index contributed by atoms with van der Waals surface area (Å²) >= 11 is 0. The summed E-state index contributed by atoms with van der Waals surface area (Å²) < 4.78 is 5.09. The molecule has 1 rings (SSSR count). The summed E-state index contributed by atoms with van der Waals surface area (Å²) in [6.45, 7) is 0.0244. The van der Waals surface area contributed by atoms with Crippen LogP contribution in [-0.4, -0.2) is 50.2 Å². The molecule has 0 spiro atoms. The number of hydrogen-bond acceptors (Lipinski definition) is 4. The van der Waals surface area contributed by atoms with Crippen molar-refractivity contribution in [3.8, 4) is 0 Å². The van der Waals surface area contributed by atoms with Crippen LogP contribution in [-0.2, 0) is 16.0 Å². The van der Waals surface area contributed by atoms with Gasteiger partial charge in [0.25, 0.3) is 0 Å². The van der Waals surface area contributed by atoms with Crippen molar-refractivity contribution in [2.75, 3.05) is 27.2 Å². The number of hydrogen-bond donors (Lipinski definition) is 2. The quantitative estimate of drug-likeness (QED) is 0.755. The number of alkyl carbamates (subject to hydrolysis) is 1. The molecular formula is C14H21N3O3. The molecule has 1 aromatic rings. The summed E-state index contributed by atoms with van der Waals surface area (Å²) in [6.07, 6.45) is 0.139. The number of nitrogens with zero attached hydrogens (tertiary/aromatic N) is 1. The van der Waals surface area contributed by atoms with Gasteiger partial charge in [0.15, 0.2) is 0 Å². The molecule has 0 saturated carbocycles. The zero-order chi connectivity index (χ0) is 15.0. The van der Waals surface area contributed by atoms with Crippen LogP contribution in [0, 0.1) is 0 Å². The number of benzene rings is 1. The summed E-state index contributed by atoms with van der Waals surface area (Å²) in [7, 11) is 3.86. The molecule has 3 N–H and O–H groups in total. The molecular weight excluding hydrogens is 258 g/mol. The van der Waals surface area contributed by atoms with E-state index in [1.807, 2.05) is 49.3 Å². The van der Waals surface area contributed by atoms with E-state index in [4.69, 9.17) is 10.5 Å². The van der Waals surface area contributed by atoms with Gasteiger partial charge in [0.2, 0.25) is 5.91 Å². The average molecular weight is 279 g/mol. The minimum Gasteiger partial charge on any atom is -0.448 e. The molecule has 1 unspecified atom stereocenters. The minimum atomic E-state index is -0.635. The van der Waals surface area contributed by atoms with Gasteiger partial charge in [0, 0.05) is 6.04 Å². The molecule has 6 nitrogen and oxygen atoms in total. The first-order valence-corrected chi connectivity index (χ1v) is 6.38. The van der Waals surface area contributed by atoms with E-state index < -0.39 is 12.0 Å². The number of rotatable bonds is 7. The zero-order valence-electron chi connectivity index (χ0n) is 11.8. The third-order valence-corrected chi connectivity index (χ3v) is 2.86. The number of primary amides is 1. The van der Waals surface area contributed by atoms with Gasteiger partial charge in [-0.1, -0.05) is 30.3 Å². The first-order chi connectivity index (χ1) is 9.49. The van der Waals surface area contributed by atoms with Gasteiger partial charge >= 0.3 is 6.09 Å². The number of nitrogens with two attached hydrogens (primary N) is 1. The Hall–Kier alpha value is -2.08. The van der Waals surface area contributed by atoms with Gasteiger partial charge in [0.1, 0.15) is 6.61 Å². The molecule has 6 heteroatoms. The van der Waals surface area contributed by atoms with Gasteiger partial charge in [-0.3, -0.25) is 4.79 Å². The molecule has 0 bridgehead atoms. The van der Waals surface area contributed by atoms with E-state index in [0.717, 1.165) is 6.42 Å². The summed E-state index contributed by atoms with van der Waals surface area (Å²) in [5.74, 6) is -0.601. The number of carbonyl (C=O) groups excluding carboxylic acids is 2. The first kappa shape index (κ1) is 16.0. The third-order valence-electron chi connectivity index (χ3n) is 2.86. The lowest BCUT2D eigenvalue weighted by molar-refractivity contribution is -0.117. The van der Waals surface area contributed by atoms with Crippen molar-refractivity contribution in [3.05, 3.63) is 35.9 Å². The lowest BCUT2D eigenvalue weighted by Crippen LogP contribution is -2.39. The van der Waals surface area contributed by atoms with Gasteiger partial charge in [-0.2, -0.15) is 0 Å². The fraction of sp³-hybridized carbons (Fsp3) is 0.429. The van der Waals surface area contributed by atoms with E-state index in [9.17, 15) is 9.59 Å². The fourth-order valence-electron chi connectivity index (χ4n) is 1.66. The Morgan fingerprint density at radius 3 is 2.50 bits per heavy atom. The van der Waals surface area contributed by atoms with Crippen LogP contribution in [0.4, 0.5) is 4.79 Å². The Bertz CT molecular complexity index is 435. The van der Waals surface area contributed by atoms with Crippen LogP contribution < -0.4 is 11.1 Å². The monoisotopic (exact) mass is 279 g/mol. The van der Waals surface area contributed by atoms with Crippen molar-refractivity contribution in [2.45, 2.75) is 12.5 Å². The van der Waals surface area contributed by atoms with Crippen molar-refractivity contribution < 1.29 is 14.3 Å². The maximum Gasteiger partial charge on any atom is 0.407 e. The smallest absolute Gasteiger partial charge is 0.407 e. The standard InChI is InChI=1S/C14H21N3O3/c1-17(2)12(8-11-6-4-3-5-7-11)10-20-14(19)16-9-13(15)18/h3-7,12H,8-10H2,1-2H3,(H2,15,18)(H,16,19). The highest BCUT2D eigenvalue weighted by atomic mass is 16.5. The second-order valence-electron chi connectivity index (χ2n) is 4.73. The minimum absolute atomic E-state index is 0.0664. The Morgan fingerprint density at radius 1 is 1.30 bits per heavy atom. The Balaban J connectivity index is 2.43. The maximum absolute atomic E-state index is 11.4. The van der Waals surface area contributed by atoms with Crippen LogP contribution in [0.5, 0.6) is 0 Å². The lowest BCUT2D eigenvalue weighted by atomic mass is 10.1. The number of carbonyl (C=O) groups is 2. The van der Waals surface area contributed by atoms with Crippen LogP contribution in [0.1, 0.15) is 5.56 Å². The average Bonchev–Trinajstić information content (AvgIpc) is 2.42. The summed E-state index contributed by atoms with van der Waals surface area (Å²) in [4.78, 5) is 23.9. The Labute approximate surface area is 118 Å². The molecule has 110 valence electrons. The molecule has 1 aromatic carbocycles. The predicted octanol–water partition coefficient (Wildman–Crippen LogP) is 0.371. The fourth-order valence-corrected chi connectivity index (χ4v) is 1.66. The number of amides is 2. The van der Waals surface area contributed by atoms with Crippen LogP contribution in [0.25, 0.3) is 0 Å². The van der Waals surface area contributed by atoms with Crippen LogP contribution in [0.15, 0.2) is 30.3 Å². The summed E-state index contributed by atoms with van der Waals surface area (Å²) in [5, 5.41) is 2.29. The number of likely N-dealkylation sites (N-methyl/N-ethyl adjacent to an activating group) is 1. The van der Waals surface area contributed by atoms with E-state index in [2.05, 4.69) is 5.32 Å². The van der Waals surface area contributed by atoms with Crippen molar-refractivity contribution in [1.82, 2.24) is 10.2 Å². The van der Waals surface area contributed by atoms with Crippen LogP contribution >= 0.6 is 0 Å². The van der Waals surface area contributed by atoms with Gasteiger partial charge in [0.05, 0.1) is 6.54 Å². The highest BCUT2D eigenvalue weighted by Crippen LogP contribution is 2.07. The van der Waals surface area contributed by atoms with E-state index in [-0.39, 0.29) is 19.2 Å². The zero-order valence-corrected chi connectivity index (χ0v) is 11.8. The molecule has 2 amide bonds. The number of nitrogens with one attached hydrogen (secondary N) is 1. The molecule has 0 radical (unpaired) electrons. The molecule has 20 heavy (non-hydrogen) atoms. The highest BCUT2D eigenvalue weighted by Gasteiger charge is 2.15. The van der Waals surface area contributed by atoms with E-state index >= 15 is 0 Å². The van der Waals surface area contributed by atoms with E-state index in [0.29, 0.717) is 0 Å². The normalized spacial score (nSPS) is 11.9. The molecule has 0 fully saturated rings. The molecule has 0 saturated heterocycles. The van der Waals surface area contributed by atoms with Crippen molar-refractivity contribution in [1.29, 1.82) is 0 Å². The van der Waals surface area contributed by atoms with Gasteiger partial charge < -0.3 is 20.7 Å². The molecule has 0 aromatic heterocycles. The van der Waals surface area contributed by atoms with Crippen molar-refractivity contribution in [3.63, 3.8) is 0 Å². The van der Waals surface area contributed by atoms with E-state index in [1.165, 1.54) is 5.56 Å². The predicted molar refractivity (Wildman–Crippen MR) is 76.2 cm³/mol. The Kier molecular flexibility index (Phi) is 6.52. The molecule has 0 heterocycles. The van der Waals surface area contributed by atoms with Gasteiger partial charge in [-0.05, 0) is 26.1 Å². The maximum atomic E-state index is 11.4. The second-order valence-corrected chi connectivity index (χ2v) is 4.73. The van der Waals surface area contributed by atoms with Crippen LogP contribution in [0.2, 0.25) is 0 Å². The van der Waals surface area contributed by atoms with Crippen molar-refractivity contribution >= 4 is 12.0 Å². The molecule has 1 atom stereocenters. The number of ether oxygens (including phenoxy) is 1. The Morgan fingerprint density at radius 2 is 1.95 bits per heavy atom. The lowest BCUT2D eigenvalue weighted by Gasteiger charge is -2.24. The first-order valence-electron chi connectivity index (χ1n) is 6.38. The molecule has 0 aliphatic carbocycles. The topological polar surface area (TPSA) is 84.7 Å². The largest absolute Gasteiger partial charge is 0.448 e. The summed E-state index contributed by atoms with van der Waals surface area (Å²) in [5.41, 5.74) is 6.10. The third kappa shape index (κ3) is 6.19. The second kappa shape index (κ2) is 8.16. The van der Waals surface area contributed by atoms with Gasteiger partial charge in [-0.15, -0.1) is 0 Å². The molecule has 0 aliphatic heterocycles. The van der Waals surface area contributed by atoms with Gasteiger partial charge in [-0.25, -0.2) is 4.79 Å². The van der Waals surface area contributed by atoms with Crippen molar-refractivity contribution in [2.24, 2.45) is 5.73 Å². The molecule has 0 aliphatic rings. The highest BCUT2D eigenvalue weighted by molar-refractivity contribution is 5.80. The summed E-state index contributed by atoms with van der Waals surface area (Å²) in [6, 6.07) is 10.0. The SMILES string of the molecule is CN(C)C(COC(=O)NCC(N)=O)Cc1ccccc1. The van der Waals surface area contributed by atoms with Crippen LogP contribution in [0.3, 0.4) is 0 Å². The van der Waals surface area contributed by atoms with E-state index in [1.54, 1.807) is 0 Å².